The number of aromatic nitrogens is 2. The van der Waals surface area contributed by atoms with Crippen LogP contribution in [0.5, 0.6) is 0 Å². The number of nitrogens with two attached hydrogens (primary N) is 1. The molecule has 0 fully saturated rings. The average molecular weight is 303 g/mol. The summed E-state index contributed by atoms with van der Waals surface area (Å²) < 4.78 is 56.4. The number of nitrogens with zero attached hydrogens (tertiary/aromatic N) is 2. The third kappa shape index (κ3) is 2.81. The fourth-order valence-electron chi connectivity index (χ4n) is 1.64. The maximum atomic E-state index is 13.8. The number of carbonyl (C=O) groups is 1. The maximum Gasteiger partial charge on any atom is 0.419 e. The van der Waals surface area contributed by atoms with E-state index >= 15 is 0 Å². The Hall–Kier alpha value is -2.58. The fraction of sp³-hybridized carbons (Fsp3) is 0.167. The van der Waals surface area contributed by atoms with Gasteiger partial charge >= 0.3 is 12.1 Å². The maximum absolute atomic E-state index is 13.8. The molecule has 0 atom stereocenters. The van der Waals surface area contributed by atoms with Gasteiger partial charge in [-0.05, 0) is 12.1 Å². The van der Waals surface area contributed by atoms with Crippen LogP contribution in [0.3, 0.4) is 0 Å². The van der Waals surface area contributed by atoms with E-state index in [9.17, 15) is 22.4 Å². The number of halogens is 4. The summed E-state index contributed by atoms with van der Waals surface area (Å²) in [6.07, 6.45) is -3.45. The van der Waals surface area contributed by atoms with Crippen LogP contribution in [0.1, 0.15) is 15.9 Å². The van der Waals surface area contributed by atoms with E-state index in [1.54, 1.807) is 0 Å². The van der Waals surface area contributed by atoms with Crippen molar-refractivity contribution in [2.75, 3.05) is 12.8 Å². The van der Waals surface area contributed by atoms with Crippen molar-refractivity contribution >= 4 is 11.7 Å². The number of ether oxygens (including phenoxy) is 1. The Balaban J connectivity index is 2.53. The van der Waals surface area contributed by atoms with Crippen molar-refractivity contribution in [3.05, 3.63) is 41.5 Å². The van der Waals surface area contributed by atoms with Gasteiger partial charge in [0.15, 0.2) is 5.82 Å². The van der Waals surface area contributed by atoms with E-state index < -0.39 is 23.5 Å². The molecule has 0 unspecified atom stereocenters. The van der Waals surface area contributed by atoms with E-state index in [0.29, 0.717) is 17.1 Å². The molecule has 1 aromatic carbocycles. The molecule has 9 heteroatoms. The number of hydrogen-bond acceptors (Lipinski definition) is 4. The van der Waals surface area contributed by atoms with Crippen LogP contribution < -0.4 is 5.73 Å². The van der Waals surface area contributed by atoms with Crippen LogP contribution in [0.2, 0.25) is 0 Å². The van der Waals surface area contributed by atoms with Crippen molar-refractivity contribution in [2.24, 2.45) is 0 Å². The first-order valence-corrected chi connectivity index (χ1v) is 5.53. The van der Waals surface area contributed by atoms with Crippen molar-refractivity contribution in [3.8, 4) is 5.69 Å². The Kier molecular flexibility index (Phi) is 3.58. The van der Waals surface area contributed by atoms with Gasteiger partial charge in [-0.2, -0.15) is 18.3 Å². The molecular formula is C12H9F4N3O2. The van der Waals surface area contributed by atoms with E-state index in [4.69, 9.17) is 5.73 Å². The number of alkyl halides is 3. The van der Waals surface area contributed by atoms with Gasteiger partial charge in [-0.15, -0.1) is 0 Å². The third-order valence-electron chi connectivity index (χ3n) is 2.68. The minimum absolute atomic E-state index is 0.169. The third-order valence-corrected chi connectivity index (χ3v) is 2.68. The predicted molar refractivity (Wildman–Crippen MR) is 64.3 cm³/mol. The SMILES string of the molecule is COC(=O)c1cc(-n2cc(C(F)(F)F)cn2)c(F)cc1N. The Morgan fingerprint density at radius 3 is 2.57 bits per heavy atom. The van der Waals surface area contributed by atoms with Crippen LogP contribution in [0.15, 0.2) is 24.5 Å². The van der Waals surface area contributed by atoms with Crippen LogP contribution in [-0.4, -0.2) is 22.9 Å². The molecule has 2 rings (SSSR count). The average Bonchev–Trinajstić information content (AvgIpc) is 2.87. The quantitative estimate of drug-likeness (QED) is 0.525. The molecule has 5 nitrogen and oxygen atoms in total. The van der Waals surface area contributed by atoms with Crippen LogP contribution in [0.4, 0.5) is 23.2 Å². The van der Waals surface area contributed by atoms with Gasteiger partial charge in [0, 0.05) is 11.9 Å². The van der Waals surface area contributed by atoms with Gasteiger partial charge in [0.05, 0.1) is 24.4 Å². The second-order valence-electron chi connectivity index (χ2n) is 4.05. The zero-order valence-electron chi connectivity index (χ0n) is 10.6. The topological polar surface area (TPSA) is 70.1 Å². The van der Waals surface area contributed by atoms with Crippen molar-refractivity contribution in [1.29, 1.82) is 0 Å². The van der Waals surface area contributed by atoms with Gasteiger partial charge in [-0.3, -0.25) is 0 Å². The molecule has 2 N–H and O–H groups in total. The lowest BCUT2D eigenvalue weighted by Gasteiger charge is -2.09. The Bertz CT molecular complexity index is 694. The molecule has 1 heterocycles. The summed E-state index contributed by atoms with van der Waals surface area (Å²) >= 11 is 0. The molecule has 0 amide bonds. The Morgan fingerprint density at radius 1 is 1.38 bits per heavy atom. The summed E-state index contributed by atoms with van der Waals surface area (Å²) in [6.45, 7) is 0. The summed E-state index contributed by atoms with van der Waals surface area (Å²) in [4.78, 5) is 11.5. The van der Waals surface area contributed by atoms with E-state index in [-0.39, 0.29) is 16.9 Å². The highest BCUT2D eigenvalue weighted by Gasteiger charge is 2.32. The van der Waals surface area contributed by atoms with Gasteiger partial charge < -0.3 is 10.5 Å². The summed E-state index contributed by atoms with van der Waals surface area (Å²) in [5, 5.41) is 3.43. The first-order valence-electron chi connectivity index (χ1n) is 5.53. The van der Waals surface area contributed by atoms with E-state index in [1.807, 2.05) is 0 Å². The molecule has 0 aliphatic heterocycles. The van der Waals surface area contributed by atoms with Crippen LogP contribution in [0, 0.1) is 5.82 Å². The van der Waals surface area contributed by atoms with Crippen LogP contribution in [0.25, 0.3) is 5.69 Å². The molecule has 1 aromatic heterocycles. The number of benzene rings is 1. The minimum Gasteiger partial charge on any atom is -0.465 e. The lowest BCUT2D eigenvalue weighted by atomic mass is 10.1. The number of nitrogen functional groups attached to an aromatic ring is 1. The van der Waals surface area contributed by atoms with Gasteiger partial charge in [0.2, 0.25) is 0 Å². The summed E-state index contributed by atoms with van der Waals surface area (Å²) in [5.74, 6) is -1.76. The smallest absolute Gasteiger partial charge is 0.419 e. The van der Waals surface area contributed by atoms with E-state index in [1.165, 1.54) is 0 Å². The summed E-state index contributed by atoms with van der Waals surface area (Å²) in [7, 11) is 1.10. The molecule has 0 saturated carbocycles. The molecule has 0 saturated heterocycles. The number of hydrogen-bond donors (Lipinski definition) is 1. The molecular weight excluding hydrogens is 294 g/mol. The predicted octanol–water partition coefficient (Wildman–Crippen LogP) is 2.40. The molecule has 0 aliphatic carbocycles. The largest absolute Gasteiger partial charge is 0.465 e. The van der Waals surface area contributed by atoms with Crippen LogP contribution >= 0.6 is 0 Å². The highest BCUT2D eigenvalue weighted by Crippen LogP contribution is 2.30. The van der Waals surface area contributed by atoms with Gasteiger partial charge in [-0.1, -0.05) is 0 Å². The lowest BCUT2D eigenvalue weighted by molar-refractivity contribution is -0.137. The van der Waals surface area contributed by atoms with Crippen LogP contribution in [-0.2, 0) is 10.9 Å². The highest BCUT2D eigenvalue weighted by atomic mass is 19.4. The van der Waals surface area contributed by atoms with Crippen molar-refractivity contribution in [3.63, 3.8) is 0 Å². The van der Waals surface area contributed by atoms with E-state index in [2.05, 4.69) is 9.84 Å². The summed E-state index contributed by atoms with van der Waals surface area (Å²) in [5.41, 5.74) is 3.72. The highest BCUT2D eigenvalue weighted by molar-refractivity contribution is 5.95. The molecule has 0 aliphatic rings. The van der Waals surface area contributed by atoms with Gasteiger partial charge in [-0.25, -0.2) is 13.9 Å². The zero-order chi connectivity index (χ0) is 15.8. The molecule has 112 valence electrons. The zero-order valence-corrected chi connectivity index (χ0v) is 10.6. The Morgan fingerprint density at radius 2 is 2.05 bits per heavy atom. The van der Waals surface area contributed by atoms with Gasteiger partial charge in [0.25, 0.3) is 0 Å². The van der Waals surface area contributed by atoms with Gasteiger partial charge in [0.1, 0.15) is 5.69 Å². The van der Waals surface area contributed by atoms with Crippen molar-refractivity contribution in [2.45, 2.75) is 6.18 Å². The number of carbonyl (C=O) groups excluding carboxylic acids is 1. The number of esters is 1. The monoisotopic (exact) mass is 303 g/mol. The number of rotatable bonds is 2. The molecule has 2 aromatic rings. The second-order valence-corrected chi connectivity index (χ2v) is 4.05. The lowest BCUT2D eigenvalue weighted by Crippen LogP contribution is -2.09. The number of anilines is 1. The second kappa shape index (κ2) is 5.08. The Labute approximate surface area is 115 Å². The first-order chi connectivity index (χ1) is 9.74. The molecule has 0 spiro atoms. The minimum atomic E-state index is -4.60. The fourth-order valence-corrected chi connectivity index (χ4v) is 1.64. The van der Waals surface area contributed by atoms with Crippen molar-refractivity contribution in [1.82, 2.24) is 9.78 Å². The molecule has 0 bridgehead atoms. The van der Waals surface area contributed by atoms with Crippen molar-refractivity contribution < 1.29 is 27.1 Å². The molecule has 21 heavy (non-hydrogen) atoms. The molecule has 0 radical (unpaired) electrons. The van der Waals surface area contributed by atoms with E-state index in [0.717, 1.165) is 19.2 Å². The first kappa shape index (κ1) is 14.8. The number of methoxy groups -OCH3 is 1. The normalized spacial score (nSPS) is 11.5. The summed E-state index contributed by atoms with van der Waals surface area (Å²) in [6, 6.07) is 1.79. The standard InChI is InChI=1S/C12H9F4N3O2/c1-21-11(20)7-2-10(8(13)3-9(7)17)19-5-6(4-18-19)12(14,15)16/h2-5H,17H2,1H3.